The molecule has 0 atom stereocenters. The van der Waals surface area contributed by atoms with Crippen molar-refractivity contribution in [3.63, 3.8) is 0 Å². The summed E-state index contributed by atoms with van der Waals surface area (Å²) in [6.45, 7) is 10.2. The van der Waals surface area contributed by atoms with Crippen molar-refractivity contribution < 1.29 is 0 Å². The van der Waals surface area contributed by atoms with Gasteiger partial charge in [0.05, 0.1) is 0 Å². The van der Waals surface area contributed by atoms with E-state index in [1.165, 1.54) is 27.1 Å². The number of aryl methyl sites for hydroxylation is 1. The van der Waals surface area contributed by atoms with E-state index in [0.29, 0.717) is 0 Å². The highest BCUT2D eigenvalue weighted by atomic mass is 14.1. The molecule has 134 valence electrons. The molecule has 2 aromatic carbocycles. The van der Waals surface area contributed by atoms with Crippen LogP contribution in [0.3, 0.4) is 0 Å². The number of benzene rings is 2. The third-order valence-corrected chi connectivity index (χ3v) is 4.69. The molecule has 3 rings (SSSR count). The molecule has 0 N–H and O–H groups in total. The smallest absolute Gasteiger partial charge is 0.00969 e. The van der Waals surface area contributed by atoms with Gasteiger partial charge in [-0.25, -0.2) is 0 Å². The van der Waals surface area contributed by atoms with E-state index in [0.717, 1.165) is 24.0 Å². The fourth-order valence-corrected chi connectivity index (χ4v) is 3.31. The third kappa shape index (κ3) is 4.54. The summed E-state index contributed by atoms with van der Waals surface area (Å²) in [5.41, 5.74) is 5.88. The maximum Gasteiger partial charge on any atom is -0.00969 e. The average Bonchev–Trinajstić information content (AvgIpc) is 2.70. The predicted molar refractivity (Wildman–Crippen MR) is 119 cm³/mol. The highest BCUT2D eigenvalue weighted by molar-refractivity contribution is 5.79. The lowest BCUT2D eigenvalue weighted by molar-refractivity contribution is 1.05. The number of hydrogen-bond acceptors (Lipinski definition) is 0. The molecule has 27 heavy (non-hydrogen) atoms. The van der Waals surface area contributed by atoms with Crippen LogP contribution in [0.2, 0.25) is 0 Å². The van der Waals surface area contributed by atoms with Crippen LogP contribution in [0.25, 0.3) is 11.1 Å². The van der Waals surface area contributed by atoms with Crippen molar-refractivity contribution in [1.82, 2.24) is 0 Å². The zero-order valence-electron chi connectivity index (χ0n) is 16.0. The van der Waals surface area contributed by atoms with Gasteiger partial charge in [0.2, 0.25) is 0 Å². The van der Waals surface area contributed by atoms with Crippen molar-refractivity contribution in [3.05, 3.63) is 131 Å². The first-order valence-electron chi connectivity index (χ1n) is 9.43. The number of hydrogen-bond donors (Lipinski definition) is 0. The van der Waals surface area contributed by atoms with Gasteiger partial charge >= 0.3 is 0 Å². The van der Waals surface area contributed by atoms with Gasteiger partial charge in [0.15, 0.2) is 0 Å². The molecule has 0 aliphatic heterocycles. The van der Waals surface area contributed by atoms with E-state index < -0.39 is 0 Å². The Kier molecular flexibility index (Phi) is 6.22. The van der Waals surface area contributed by atoms with E-state index in [-0.39, 0.29) is 0 Å². The molecule has 0 bridgehead atoms. The average molecular weight is 351 g/mol. The topological polar surface area (TPSA) is 0 Å². The first-order valence-corrected chi connectivity index (χ1v) is 9.43. The van der Waals surface area contributed by atoms with Crippen molar-refractivity contribution in [2.45, 2.75) is 19.8 Å². The first kappa shape index (κ1) is 18.7. The minimum atomic E-state index is 0.995. The van der Waals surface area contributed by atoms with Crippen molar-refractivity contribution in [2.24, 2.45) is 0 Å². The maximum atomic E-state index is 4.32. The Morgan fingerprint density at radius 1 is 0.926 bits per heavy atom. The second-order valence-electron chi connectivity index (χ2n) is 6.74. The Balaban J connectivity index is 2.47. The van der Waals surface area contributed by atoms with Crippen LogP contribution in [-0.2, 0) is 0 Å². The predicted octanol–water partition coefficient (Wildman–Crippen LogP) is 5.55. The Bertz CT molecular complexity index is 1040. The van der Waals surface area contributed by atoms with Crippen LogP contribution >= 0.6 is 0 Å². The molecule has 0 aromatic heterocycles. The van der Waals surface area contributed by atoms with Crippen LogP contribution in [0.15, 0.2) is 110 Å². The summed E-state index contributed by atoms with van der Waals surface area (Å²) in [5, 5.41) is 2.45. The van der Waals surface area contributed by atoms with Gasteiger partial charge in [-0.3, -0.25) is 0 Å². The van der Waals surface area contributed by atoms with Crippen molar-refractivity contribution in [1.29, 1.82) is 0 Å². The second-order valence-corrected chi connectivity index (χ2v) is 6.74. The number of allylic oxidation sites excluding steroid dienone is 8. The van der Waals surface area contributed by atoms with Crippen LogP contribution in [0.1, 0.15) is 24.0 Å². The molecule has 0 fully saturated rings. The molecule has 0 saturated heterocycles. The van der Waals surface area contributed by atoms with Crippen molar-refractivity contribution >= 4 is 11.1 Å². The highest BCUT2D eigenvalue weighted by Gasteiger charge is 2.05. The fraction of sp³-hybridized carbons (Fsp3) is 0.111. The number of rotatable bonds is 4. The lowest BCUT2D eigenvalue weighted by Gasteiger charge is -2.10. The van der Waals surface area contributed by atoms with Gasteiger partial charge in [0.1, 0.15) is 0 Å². The minimum Gasteiger partial charge on any atom is -0.0991 e. The molecule has 0 nitrogen and oxygen atoms in total. The molecule has 2 aromatic rings. The van der Waals surface area contributed by atoms with Gasteiger partial charge in [-0.1, -0.05) is 110 Å². The lowest BCUT2D eigenvalue weighted by Crippen LogP contribution is -2.30. The molecule has 0 saturated carbocycles. The van der Waals surface area contributed by atoms with Crippen LogP contribution in [0, 0.1) is 6.92 Å². The Labute approximate surface area is 162 Å². The Morgan fingerprint density at radius 3 is 2.41 bits per heavy atom. The van der Waals surface area contributed by atoms with Gasteiger partial charge < -0.3 is 0 Å². The molecule has 0 unspecified atom stereocenters. The summed E-state index contributed by atoms with van der Waals surface area (Å²) >= 11 is 0. The summed E-state index contributed by atoms with van der Waals surface area (Å²) < 4.78 is 0. The minimum absolute atomic E-state index is 0.995. The molecule has 0 radical (unpaired) electrons. The highest BCUT2D eigenvalue weighted by Crippen LogP contribution is 2.16. The van der Waals surface area contributed by atoms with Gasteiger partial charge in [0.25, 0.3) is 0 Å². The summed E-state index contributed by atoms with van der Waals surface area (Å²) in [5.74, 6) is 0. The van der Waals surface area contributed by atoms with E-state index in [4.69, 9.17) is 0 Å². The van der Waals surface area contributed by atoms with E-state index in [1.807, 2.05) is 12.2 Å². The zero-order valence-corrected chi connectivity index (χ0v) is 16.0. The van der Waals surface area contributed by atoms with Gasteiger partial charge in [0, 0.05) is 0 Å². The summed E-state index contributed by atoms with van der Waals surface area (Å²) in [6.07, 6.45) is 16.8. The van der Waals surface area contributed by atoms with Gasteiger partial charge in [-0.05, 0) is 52.5 Å². The summed E-state index contributed by atoms with van der Waals surface area (Å²) in [7, 11) is 0. The molecule has 1 aliphatic rings. The molecular formula is C27H26. The third-order valence-electron chi connectivity index (χ3n) is 4.69. The standard InChI is InChI=1S/C27H26/c1-4-5-13-22(3)24-16-11-6-7-12-17-25(23-14-9-8-10-15-23)26-19-18-21(2)20-27(24)26/h4-5,8-20H,1,3,6-7H2,2H3/b13-5-,16-11+,17-12+,26-25+,27-24+. The van der Waals surface area contributed by atoms with Crippen molar-refractivity contribution in [2.75, 3.05) is 0 Å². The van der Waals surface area contributed by atoms with Crippen molar-refractivity contribution in [3.8, 4) is 0 Å². The van der Waals surface area contributed by atoms with Crippen LogP contribution in [0.4, 0.5) is 0 Å². The van der Waals surface area contributed by atoms with Crippen LogP contribution in [0.5, 0.6) is 0 Å². The van der Waals surface area contributed by atoms with E-state index in [9.17, 15) is 0 Å². The molecule has 1 aliphatic carbocycles. The lowest BCUT2D eigenvalue weighted by atomic mass is 9.94. The fourth-order valence-electron chi connectivity index (χ4n) is 3.31. The first-order chi connectivity index (χ1) is 13.2. The van der Waals surface area contributed by atoms with Crippen LogP contribution < -0.4 is 10.4 Å². The van der Waals surface area contributed by atoms with E-state index >= 15 is 0 Å². The quantitative estimate of drug-likeness (QED) is 0.634. The molecule has 0 spiro atoms. The Morgan fingerprint density at radius 2 is 1.67 bits per heavy atom. The molecule has 0 heterocycles. The van der Waals surface area contributed by atoms with E-state index in [1.54, 1.807) is 6.08 Å². The maximum absolute atomic E-state index is 4.32. The van der Waals surface area contributed by atoms with Crippen LogP contribution in [-0.4, -0.2) is 0 Å². The summed E-state index contributed by atoms with van der Waals surface area (Å²) in [6, 6.07) is 17.3. The van der Waals surface area contributed by atoms with Gasteiger partial charge in [-0.15, -0.1) is 0 Å². The number of fused-ring (bicyclic) bond motifs is 1. The Hall–Kier alpha value is -3.12. The second kappa shape index (κ2) is 9.00. The SMILES string of the molecule is C=C/C=C\C(=C)C1=c2\cc(C)cc\c2=C(c2ccccc2)\C=C\CC\C=C\1. The van der Waals surface area contributed by atoms with E-state index in [2.05, 4.69) is 92.9 Å². The monoisotopic (exact) mass is 350 g/mol. The zero-order chi connectivity index (χ0) is 19.1. The summed E-state index contributed by atoms with van der Waals surface area (Å²) in [4.78, 5) is 0. The normalized spacial score (nSPS) is 20.6. The molecular weight excluding hydrogens is 324 g/mol. The molecule has 0 heteroatoms. The van der Waals surface area contributed by atoms with Gasteiger partial charge in [-0.2, -0.15) is 0 Å². The largest absolute Gasteiger partial charge is 0.0991 e. The molecule has 0 amide bonds.